The van der Waals surface area contributed by atoms with E-state index >= 15 is 0 Å². The van der Waals surface area contributed by atoms with Crippen molar-refractivity contribution >= 4 is 5.97 Å². The maximum atomic E-state index is 11.5. The molecule has 0 bridgehead atoms. The summed E-state index contributed by atoms with van der Waals surface area (Å²) >= 11 is 0. The van der Waals surface area contributed by atoms with Gasteiger partial charge in [0.2, 0.25) is 0 Å². The van der Waals surface area contributed by atoms with E-state index in [1.54, 1.807) is 6.07 Å². The molecular weight excluding hydrogens is 272 g/mol. The van der Waals surface area contributed by atoms with Crippen molar-refractivity contribution in [2.45, 2.75) is 39.5 Å². The molecule has 116 valence electrons. The molecule has 0 unspecified atom stereocenters. The molecule has 2 nitrogen and oxygen atoms in total. The highest BCUT2D eigenvalue weighted by molar-refractivity contribution is 5.89. The van der Waals surface area contributed by atoms with Gasteiger partial charge in [-0.05, 0) is 54.4 Å². The fourth-order valence-electron chi connectivity index (χ4n) is 2.88. The molecule has 0 aliphatic heterocycles. The van der Waals surface area contributed by atoms with Crippen LogP contribution in [0.4, 0.5) is 0 Å². The van der Waals surface area contributed by atoms with Gasteiger partial charge >= 0.3 is 5.97 Å². The summed E-state index contributed by atoms with van der Waals surface area (Å²) in [7, 11) is 0. The summed E-state index contributed by atoms with van der Waals surface area (Å²) in [5, 5.41) is 9.44. The molecular formula is C20H24O2. The van der Waals surface area contributed by atoms with Gasteiger partial charge in [0.05, 0.1) is 5.56 Å². The van der Waals surface area contributed by atoms with Crippen LogP contribution in [-0.4, -0.2) is 11.1 Å². The van der Waals surface area contributed by atoms with E-state index in [0.717, 1.165) is 31.2 Å². The highest BCUT2D eigenvalue weighted by atomic mass is 16.4. The van der Waals surface area contributed by atoms with Crippen molar-refractivity contribution in [1.82, 2.24) is 0 Å². The molecule has 2 aromatic rings. The van der Waals surface area contributed by atoms with E-state index in [1.807, 2.05) is 24.3 Å². The molecule has 0 fully saturated rings. The zero-order valence-electron chi connectivity index (χ0n) is 13.4. The first-order valence-electron chi connectivity index (χ1n) is 7.96. The number of aryl methyl sites for hydroxylation is 1. The maximum absolute atomic E-state index is 11.5. The number of hydrogen-bond donors (Lipinski definition) is 1. The molecule has 0 heterocycles. The van der Waals surface area contributed by atoms with Gasteiger partial charge in [-0.15, -0.1) is 0 Å². The van der Waals surface area contributed by atoms with Crippen molar-refractivity contribution in [2.75, 3.05) is 0 Å². The third-order valence-electron chi connectivity index (χ3n) is 3.87. The number of rotatable bonds is 7. The highest BCUT2D eigenvalue weighted by Gasteiger charge is 2.14. The predicted octanol–water partition coefficient (Wildman–Crippen LogP) is 4.76. The fourth-order valence-corrected chi connectivity index (χ4v) is 2.88. The monoisotopic (exact) mass is 296 g/mol. The molecule has 0 atom stereocenters. The molecule has 0 saturated carbocycles. The number of carboxylic acids is 1. The van der Waals surface area contributed by atoms with Gasteiger partial charge in [-0.25, -0.2) is 4.79 Å². The Labute approximate surface area is 132 Å². The Balaban J connectivity index is 2.14. The van der Waals surface area contributed by atoms with Crippen molar-refractivity contribution in [3.63, 3.8) is 0 Å². The summed E-state index contributed by atoms with van der Waals surface area (Å²) in [6, 6.07) is 16.0. The van der Waals surface area contributed by atoms with Crippen LogP contribution in [-0.2, 0) is 19.3 Å². The second-order valence-corrected chi connectivity index (χ2v) is 6.19. The van der Waals surface area contributed by atoms with Gasteiger partial charge in [0.1, 0.15) is 0 Å². The quantitative estimate of drug-likeness (QED) is 0.800. The van der Waals surface area contributed by atoms with Crippen LogP contribution in [0.15, 0.2) is 48.5 Å². The van der Waals surface area contributed by atoms with Crippen LogP contribution >= 0.6 is 0 Å². The van der Waals surface area contributed by atoms with Crippen molar-refractivity contribution in [2.24, 2.45) is 5.92 Å². The lowest BCUT2D eigenvalue weighted by atomic mass is 9.91. The first kappa shape index (κ1) is 16.3. The number of aromatic carboxylic acids is 1. The topological polar surface area (TPSA) is 37.3 Å². The van der Waals surface area contributed by atoms with E-state index in [9.17, 15) is 9.90 Å². The molecule has 22 heavy (non-hydrogen) atoms. The van der Waals surface area contributed by atoms with E-state index in [0.29, 0.717) is 11.5 Å². The Morgan fingerprint density at radius 3 is 2.36 bits per heavy atom. The van der Waals surface area contributed by atoms with Crippen LogP contribution in [0.5, 0.6) is 0 Å². The number of hydrogen-bond acceptors (Lipinski definition) is 1. The SMILES string of the molecule is CC(C)Cc1cccc(C(=O)O)c1CCCc1ccccc1. The van der Waals surface area contributed by atoms with Gasteiger partial charge in [-0.3, -0.25) is 0 Å². The standard InChI is InChI=1S/C20H24O2/c1-15(2)14-17-11-7-13-19(20(21)22)18(17)12-6-10-16-8-4-3-5-9-16/h3-5,7-9,11,13,15H,6,10,12,14H2,1-2H3,(H,21,22). The highest BCUT2D eigenvalue weighted by Crippen LogP contribution is 2.21. The number of carbonyl (C=O) groups is 1. The van der Waals surface area contributed by atoms with Gasteiger partial charge in [0, 0.05) is 0 Å². The average Bonchev–Trinajstić information content (AvgIpc) is 2.49. The minimum absolute atomic E-state index is 0.464. The smallest absolute Gasteiger partial charge is 0.335 e. The third-order valence-corrected chi connectivity index (χ3v) is 3.87. The van der Waals surface area contributed by atoms with Crippen molar-refractivity contribution in [3.05, 3.63) is 70.8 Å². The van der Waals surface area contributed by atoms with Crippen LogP contribution in [0.1, 0.15) is 47.3 Å². The van der Waals surface area contributed by atoms with Crippen LogP contribution in [0, 0.1) is 5.92 Å². The minimum Gasteiger partial charge on any atom is -0.478 e. The molecule has 1 N–H and O–H groups in total. The van der Waals surface area contributed by atoms with Crippen LogP contribution < -0.4 is 0 Å². The Hall–Kier alpha value is -2.09. The summed E-state index contributed by atoms with van der Waals surface area (Å²) in [4.78, 5) is 11.5. The summed E-state index contributed by atoms with van der Waals surface area (Å²) < 4.78 is 0. The maximum Gasteiger partial charge on any atom is 0.335 e. The van der Waals surface area contributed by atoms with Crippen LogP contribution in [0.3, 0.4) is 0 Å². The number of benzene rings is 2. The van der Waals surface area contributed by atoms with E-state index in [1.165, 1.54) is 11.1 Å². The predicted molar refractivity (Wildman–Crippen MR) is 90.4 cm³/mol. The zero-order chi connectivity index (χ0) is 15.9. The summed E-state index contributed by atoms with van der Waals surface area (Å²) in [6.45, 7) is 4.34. The number of carboxylic acid groups (broad SMARTS) is 1. The lowest BCUT2D eigenvalue weighted by Crippen LogP contribution is -2.08. The fraction of sp³-hybridized carbons (Fsp3) is 0.350. The average molecular weight is 296 g/mol. The molecule has 2 rings (SSSR count). The van der Waals surface area contributed by atoms with Gasteiger partial charge in [0.15, 0.2) is 0 Å². The second kappa shape index (κ2) is 7.79. The Morgan fingerprint density at radius 1 is 1.00 bits per heavy atom. The molecule has 0 aliphatic carbocycles. The zero-order valence-corrected chi connectivity index (χ0v) is 13.4. The largest absolute Gasteiger partial charge is 0.478 e. The molecule has 2 aromatic carbocycles. The minimum atomic E-state index is -0.819. The molecule has 0 saturated heterocycles. The van der Waals surface area contributed by atoms with E-state index in [4.69, 9.17) is 0 Å². The van der Waals surface area contributed by atoms with E-state index < -0.39 is 5.97 Å². The Kier molecular flexibility index (Phi) is 5.76. The summed E-state index contributed by atoms with van der Waals surface area (Å²) in [5.41, 5.74) is 3.97. The van der Waals surface area contributed by atoms with Crippen molar-refractivity contribution < 1.29 is 9.90 Å². The van der Waals surface area contributed by atoms with Crippen LogP contribution in [0.2, 0.25) is 0 Å². The molecule has 0 aromatic heterocycles. The molecule has 0 radical (unpaired) electrons. The third kappa shape index (κ3) is 4.45. The van der Waals surface area contributed by atoms with E-state index in [-0.39, 0.29) is 0 Å². The molecule has 0 aliphatic rings. The van der Waals surface area contributed by atoms with Gasteiger partial charge in [0.25, 0.3) is 0 Å². The lowest BCUT2D eigenvalue weighted by molar-refractivity contribution is 0.0695. The normalized spacial score (nSPS) is 10.9. The Bertz CT molecular complexity index is 615. The van der Waals surface area contributed by atoms with E-state index in [2.05, 4.69) is 32.0 Å². The molecule has 0 spiro atoms. The van der Waals surface area contributed by atoms with Gasteiger partial charge < -0.3 is 5.11 Å². The first-order chi connectivity index (χ1) is 10.6. The summed E-state index contributed by atoms with van der Waals surface area (Å²) in [6.07, 6.45) is 3.70. The van der Waals surface area contributed by atoms with Crippen molar-refractivity contribution in [3.8, 4) is 0 Å². The van der Waals surface area contributed by atoms with Gasteiger partial charge in [-0.1, -0.05) is 56.3 Å². The van der Waals surface area contributed by atoms with Crippen molar-refractivity contribution in [1.29, 1.82) is 0 Å². The molecule has 2 heteroatoms. The second-order valence-electron chi connectivity index (χ2n) is 6.19. The lowest BCUT2D eigenvalue weighted by Gasteiger charge is -2.14. The molecule has 0 amide bonds. The van der Waals surface area contributed by atoms with Gasteiger partial charge in [-0.2, -0.15) is 0 Å². The first-order valence-corrected chi connectivity index (χ1v) is 7.96. The summed E-state index contributed by atoms with van der Waals surface area (Å²) in [5.74, 6) is -0.294. The Morgan fingerprint density at radius 2 is 1.73 bits per heavy atom. The van der Waals surface area contributed by atoms with Crippen LogP contribution in [0.25, 0.3) is 0 Å².